The standard InChI is InChI=1S/C25H21N5O3/c1-14-8-16(3)23-21(9-14)15(2)10-22(28-23)30-24(19(12-26)13-27-30)29-25(32)18-6-5-7-20(11-18)33-17(4)31/h5-11,13H,1-4H3,(H,29,32). The van der Waals surface area contributed by atoms with Gasteiger partial charge in [-0.25, -0.2) is 4.98 Å². The Kier molecular flexibility index (Phi) is 5.63. The van der Waals surface area contributed by atoms with E-state index in [0.29, 0.717) is 5.82 Å². The summed E-state index contributed by atoms with van der Waals surface area (Å²) >= 11 is 0. The minimum Gasteiger partial charge on any atom is -0.427 e. The maximum Gasteiger partial charge on any atom is 0.308 e. The molecule has 0 aliphatic heterocycles. The van der Waals surface area contributed by atoms with Gasteiger partial charge in [-0.3, -0.25) is 9.59 Å². The topological polar surface area (TPSA) is 110 Å². The number of hydrogen-bond donors (Lipinski definition) is 1. The average molecular weight is 439 g/mol. The molecule has 0 saturated heterocycles. The summed E-state index contributed by atoms with van der Waals surface area (Å²) in [5.74, 6) is -0.0252. The number of nitriles is 1. The van der Waals surface area contributed by atoms with E-state index in [1.54, 1.807) is 18.2 Å². The molecule has 33 heavy (non-hydrogen) atoms. The van der Waals surface area contributed by atoms with E-state index < -0.39 is 11.9 Å². The Morgan fingerprint density at radius 3 is 2.61 bits per heavy atom. The Hall–Kier alpha value is -4.51. The van der Waals surface area contributed by atoms with Crippen LogP contribution in [-0.2, 0) is 4.79 Å². The van der Waals surface area contributed by atoms with Crippen LogP contribution in [0, 0.1) is 32.1 Å². The molecular weight excluding hydrogens is 418 g/mol. The minimum atomic E-state index is -0.486. The van der Waals surface area contributed by atoms with Crippen LogP contribution >= 0.6 is 0 Å². The van der Waals surface area contributed by atoms with E-state index in [1.165, 1.54) is 23.9 Å². The zero-order valence-electron chi connectivity index (χ0n) is 18.6. The van der Waals surface area contributed by atoms with Crippen LogP contribution in [0.3, 0.4) is 0 Å². The molecule has 0 bridgehead atoms. The van der Waals surface area contributed by atoms with E-state index in [-0.39, 0.29) is 22.7 Å². The van der Waals surface area contributed by atoms with Gasteiger partial charge in [-0.15, -0.1) is 0 Å². The number of esters is 1. The third-order valence-corrected chi connectivity index (χ3v) is 5.14. The Morgan fingerprint density at radius 1 is 1.09 bits per heavy atom. The molecule has 1 amide bonds. The van der Waals surface area contributed by atoms with Crippen LogP contribution in [0.25, 0.3) is 16.7 Å². The Labute approximate surface area is 190 Å². The van der Waals surface area contributed by atoms with Gasteiger partial charge in [0.2, 0.25) is 0 Å². The molecule has 0 radical (unpaired) electrons. The van der Waals surface area contributed by atoms with Crippen molar-refractivity contribution in [3.05, 3.63) is 76.5 Å². The van der Waals surface area contributed by atoms with Crippen LogP contribution in [0.1, 0.15) is 39.5 Å². The molecule has 8 heteroatoms. The number of fused-ring (bicyclic) bond motifs is 1. The van der Waals surface area contributed by atoms with E-state index in [2.05, 4.69) is 28.6 Å². The van der Waals surface area contributed by atoms with Crippen molar-refractivity contribution in [2.45, 2.75) is 27.7 Å². The monoisotopic (exact) mass is 439 g/mol. The van der Waals surface area contributed by atoms with Gasteiger partial charge < -0.3 is 10.1 Å². The number of pyridine rings is 1. The fourth-order valence-corrected chi connectivity index (χ4v) is 3.71. The van der Waals surface area contributed by atoms with Crippen molar-refractivity contribution in [1.29, 1.82) is 5.26 Å². The van der Waals surface area contributed by atoms with Gasteiger partial charge in [0, 0.05) is 17.9 Å². The zero-order valence-corrected chi connectivity index (χ0v) is 18.6. The third kappa shape index (κ3) is 4.29. The predicted octanol–water partition coefficient (Wildman–Crippen LogP) is 4.40. The summed E-state index contributed by atoms with van der Waals surface area (Å²) in [6.07, 6.45) is 1.38. The SMILES string of the molecule is CC(=O)Oc1cccc(C(=O)Nc2c(C#N)cnn2-c2cc(C)c3cc(C)cc(C)c3n2)c1. The maximum absolute atomic E-state index is 13.0. The zero-order chi connectivity index (χ0) is 23.7. The minimum absolute atomic E-state index is 0.194. The number of aryl methyl sites for hydroxylation is 3. The molecule has 0 fully saturated rings. The predicted molar refractivity (Wildman–Crippen MR) is 123 cm³/mol. The second-order valence-electron chi connectivity index (χ2n) is 7.78. The number of nitrogens with one attached hydrogen (secondary N) is 1. The van der Waals surface area contributed by atoms with Crippen molar-refractivity contribution in [2.24, 2.45) is 0 Å². The van der Waals surface area contributed by atoms with Crippen molar-refractivity contribution in [3.8, 4) is 17.6 Å². The van der Waals surface area contributed by atoms with Crippen molar-refractivity contribution in [3.63, 3.8) is 0 Å². The van der Waals surface area contributed by atoms with Gasteiger partial charge in [0.05, 0.1) is 11.7 Å². The number of carbonyl (C=O) groups is 2. The molecule has 164 valence electrons. The van der Waals surface area contributed by atoms with Gasteiger partial charge in [-0.2, -0.15) is 15.0 Å². The molecule has 4 aromatic rings. The lowest BCUT2D eigenvalue weighted by molar-refractivity contribution is -0.131. The lowest BCUT2D eigenvalue weighted by Crippen LogP contribution is -2.17. The lowest BCUT2D eigenvalue weighted by Gasteiger charge is -2.13. The van der Waals surface area contributed by atoms with Crippen molar-refractivity contribution in [2.75, 3.05) is 5.32 Å². The van der Waals surface area contributed by atoms with Gasteiger partial charge in [-0.05, 0) is 62.2 Å². The molecule has 1 N–H and O–H groups in total. The van der Waals surface area contributed by atoms with Crippen LogP contribution in [-0.4, -0.2) is 26.6 Å². The molecule has 2 aromatic carbocycles. The molecule has 0 spiro atoms. The molecule has 0 saturated carbocycles. The number of benzene rings is 2. The molecule has 2 heterocycles. The summed E-state index contributed by atoms with van der Waals surface area (Å²) in [5.41, 5.74) is 4.46. The molecule has 4 rings (SSSR count). The van der Waals surface area contributed by atoms with Crippen LogP contribution in [0.15, 0.2) is 48.7 Å². The van der Waals surface area contributed by atoms with E-state index in [1.807, 2.05) is 26.8 Å². The normalized spacial score (nSPS) is 10.6. The second kappa shape index (κ2) is 8.55. The quantitative estimate of drug-likeness (QED) is 0.373. The Balaban J connectivity index is 1.76. The van der Waals surface area contributed by atoms with Gasteiger partial charge in [-0.1, -0.05) is 17.7 Å². The average Bonchev–Trinajstić information content (AvgIpc) is 3.16. The van der Waals surface area contributed by atoms with Crippen LogP contribution in [0.2, 0.25) is 0 Å². The molecular formula is C25H21N5O3. The summed E-state index contributed by atoms with van der Waals surface area (Å²) < 4.78 is 6.50. The molecule has 0 atom stereocenters. The van der Waals surface area contributed by atoms with E-state index in [9.17, 15) is 14.9 Å². The van der Waals surface area contributed by atoms with Crippen molar-refractivity contribution >= 4 is 28.6 Å². The number of carbonyl (C=O) groups excluding carboxylic acids is 2. The number of rotatable bonds is 4. The fraction of sp³-hybridized carbons (Fsp3) is 0.160. The molecule has 8 nitrogen and oxygen atoms in total. The molecule has 0 aliphatic carbocycles. The Bertz CT molecular complexity index is 1460. The first-order valence-corrected chi connectivity index (χ1v) is 10.2. The highest BCUT2D eigenvalue weighted by Gasteiger charge is 2.19. The Morgan fingerprint density at radius 2 is 1.88 bits per heavy atom. The third-order valence-electron chi connectivity index (χ3n) is 5.14. The largest absolute Gasteiger partial charge is 0.427 e. The fourth-order valence-electron chi connectivity index (χ4n) is 3.71. The number of ether oxygens (including phenoxy) is 1. The number of anilines is 1. The van der Waals surface area contributed by atoms with Gasteiger partial charge in [0.25, 0.3) is 5.91 Å². The van der Waals surface area contributed by atoms with E-state index in [0.717, 1.165) is 27.6 Å². The molecule has 0 unspecified atom stereocenters. The van der Waals surface area contributed by atoms with Crippen LogP contribution < -0.4 is 10.1 Å². The highest BCUT2D eigenvalue weighted by atomic mass is 16.5. The van der Waals surface area contributed by atoms with Gasteiger partial charge >= 0.3 is 5.97 Å². The maximum atomic E-state index is 13.0. The molecule has 0 aliphatic rings. The van der Waals surface area contributed by atoms with Crippen LogP contribution in [0.4, 0.5) is 5.82 Å². The summed E-state index contributed by atoms with van der Waals surface area (Å²) in [6.45, 7) is 7.30. The lowest BCUT2D eigenvalue weighted by atomic mass is 10.0. The number of nitrogens with zero attached hydrogens (tertiary/aromatic N) is 4. The van der Waals surface area contributed by atoms with Crippen molar-refractivity contribution in [1.82, 2.24) is 14.8 Å². The first kappa shape index (κ1) is 21.7. The first-order valence-electron chi connectivity index (χ1n) is 10.2. The summed E-state index contributed by atoms with van der Waals surface area (Å²) in [7, 11) is 0. The first-order chi connectivity index (χ1) is 15.8. The number of aromatic nitrogens is 3. The van der Waals surface area contributed by atoms with Gasteiger partial charge in [0.1, 0.15) is 17.4 Å². The van der Waals surface area contributed by atoms with Crippen molar-refractivity contribution < 1.29 is 14.3 Å². The van der Waals surface area contributed by atoms with E-state index in [4.69, 9.17) is 9.72 Å². The van der Waals surface area contributed by atoms with Crippen LogP contribution in [0.5, 0.6) is 5.75 Å². The highest BCUT2D eigenvalue weighted by molar-refractivity contribution is 6.04. The highest BCUT2D eigenvalue weighted by Crippen LogP contribution is 2.27. The second-order valence-corrected chi connectivity index (χ2v) is 7.78. The number of amides is 1. The molecule has 2 aromatic heterocycles. The summed E-state index contributed by atoms with van der Waals surface area (Å²) in [5, 5.41) is 17.7. The smallest absolute Gasteiger partial charge is 0.308 e. The van der Waals surface area contributed by atoms with E-state index >= 15 is 0 Å². The number of hydrogen-bond acceptors (Lipinski definition) is 6. The summed E-state index contributed by atoms with van der Waals surface area (Å²) in [6, 6.07) is 14.3. The summed E-state index contributed by atoms with van der Waals surface area (Å²) in [4.78, 5) is 28.9. The van der Waals surface area contributed by atoms with Gasteiger partial charge in [0.15, 0.2) is 11.6 Å².